The lowest BCUT2D eigenvalue weighted by molar-refractivity contribution is 0.0775. The lowest BCUT2D eigenvalue weighted by Crippen LogP contribution is -2.36. The molecule has 2 fully saturated rings. The Hall–Kier alpha value is -1.90. The van der Waals surface area contributed by atoms with Crippen LogP contribution in [-0.2, 0) is 20.1 Å². The van der Waals surface area contributed by atoms with Crippen molar-refractivity contribution in [2.75, 3.05) is 26.2 Å². The SMILES string of the molecule is Cc1ncc(CN2CCCC(c3nnc(CN4CCC(O)CC4)n3C)C2)cn1. The molecule has 0 saturated carbocycles. The second-order valence-corrected chi connectivity index (χ2v) is 8.25. The van der Waals surface area contributed by atoms with Crippen LogP contribution in [0.4, 0.5) is 0 Å². The van der Waals surface area contributed by atoms with Gasteiger partial charge in [0, 0.05) is 57.1 Å². The Balaban J connectivity index is 1.38. The molecule has 2 aromatic heterocycles. The molecule has 0 spiro atoms. The fourth-order valence-corrected chi connectivity index (χ4v) is 4.32. The Bertz CT molecular complexity index is 767. The predicted molar refractivity (Wildman–Crippen MR) is 106 cm³/mol. The number of aryl methyl sites for hydroxylation is 1. The molecule has 1 N–H and O–H groups in total. The molecule has 0 radical (unpaired) electrons. The number of aliphatic hydroxyl groups excluding tert-OH is 1. The predicted octanol–water partition coefficient (Wildman–Crippen LogP) is 1.25. The van der Waals surface area contributed by atoms with Gasteiger partial charge in [0.2, 0.25) is 0 Å². The molecule has 2 aliphatic rings. The quantitative estimate of drug-likeness (QED) is 0.829. The summed E-state index contributed by atoms with van der Waals surface area (Å²) in [4.78, 5) is 13.5. The van der Waals surface area contributed by atoms with Crippen molar-refractivity contribution < 1.29 is 5.11 Å². The van der Waals surface area contributed by atoms with Crippen LogP contribution < -0.4 is 0 Å². The van der Waals surface area contributed by atoms with Crippen LogP contribution in [0.3, 0.4) is 0 Å². The van der Waals surface area contributed by atoms with Crippen molar-refractivity contribution in [1.29, 1.82) is 0 Å². The highest BCUT2D eigenvalue weighted by Gasteiger charge is 2.27. The molecule has 8 heteroatoms. The summed E-state index contributed by atoms with van der Waals surface area (Å²) >= 11 is 0. The first-order chi connectivity index (χ1) is 13.6. The number of hydrogen-bond acceptors (Lipinski definition) is 7. The highest BCUT2D eigenvalue weighted by atomic mass is 16.3. The van der Waals surface area contributed by atoms with Gasteiger partial charge >= 0.3 is 0 Å². The lowest BCUT2D eigenvalue weighted by Gasteiger charge is -2.32. The van der Waals surface area contributed by atoms with E-state index in [4.69, 9.17) is 0 Å². The molecule has 0 bridgehead atoms. The van der Waals surface area contributed by atoms with Gasteiger partial charge in [0.15, 0.2) is 0 Å². The summed E-state index contributed by atoms with van der Waals surface area (Å²) in [6.07, 6.45) is 7.75. The van der Waals surface area contributed by atoms with Crippen LogP contribution in [0.15, 0.2) is 12.4 Å². The molecule has 0 amide bonds. The van der Waals surface area contributed by atoms with Crippen LogP contribution in [-0.4, -0.2) is 71.9 Å². The zero-order valence-electron chi connectivity index (χ0n) is 17.0. The van der Waals surface area contributed by atoms with Crippen molar-refractivity contribution >= 4 is 0 Å². The second kappa shape index (κ2) is 8.63. The third-order valence-electron chi connectivity index (χ3n) is 6.03. The number of piperidine rings is 2. The Morgan fingerprint density at radius 2 is 1.75 bits per heavy atom. The molecular formula is C20H31N7O. The number of rotatable bonds is 5. The Kier molecular flexibility index (Phi) is 5.99. The summed E-state index contributed by atoms with van der Waals surface area (Å²) in [5.41, 5.74) is 1.16. The van der Waals surface area contributed by atoms with Crippen molar-refractivity contribution in [2.45, 2.75) is 57.7 Å². The molecule has 28 heavy (non-hydrogen) atoms. The van der Waals surface area contributed by atoms with E-state index in [0.717, 1.165) is 81.6 Å². The van der Waals surface area contributed by atoms with E-state index in [-0.39, 0.29) is 6.10 Å². The van der Waals surface area contributed by atoms with Crippen LogP contribution >= 0.6 is 0 Å². The van der Waals surface area contributed by atoms with E-state index in [1.165, 1.54) is 6.42 Å². The second-order valence-electron chi connectivity index (χ2n) is 8.25. The largest absolute Gasteiger partial charge is 0.393 e. The van der Waals surface area contributed by atoms with Gasteiger partial charge in [-0.3, -0.25) is 9.80 Å². The van der Waals surface area contributed by atoms with E-state index in [1.54, 1.807) is 0 Å². The Labute approximate surface area is 166 Å². The molecule has 2 aromatic rings. The number of likely N-dealkylation sites (tertiary alicyclic amines) is 2. The first-order valence-electron chi connectivity index (χ1n) is 10.4. The maximum atomic E-state index is 9.69. The Morgan fingerprint density at radius 1 is 1.00 bits per heavy atom. The average Bonchev–Trinajstić information content (AvgIpc) is 3.06. The van der Waals surface area contributed by atoms with E-state index >= 15 is 0 Å². The molecule has 4 heterocycles. The molecule has 152 valence electrons. The van der Waals surface area contributed by atoms with Crippen molar-refractivity contribution in [2.24, 2.45) is 7.05 Å². The summed E-state index contributed by atoms with van der Waals surface area (Å²) in [7, 11) is 2.09. The standard InChI is InChI=1S/C20H31N7O/c1-15-21-10-16(11-22-15)12-27-7-3-4-17(13-27)20-24-23-19(25(20)2)14-26-8-5-18(28)6-9-26/h10-11,17-18,28H,3-9,12-14H2,1-2H3. The van der Waals surface area contributed by atoms with Crippen LogP contribution in [0.25, 0.3) is 0 Å². The summed E-state index contributed by atoms with van der Waals surface area (Å²) < 4.78 is 2.19. The van der Waals surface area contributed by atoms with Crippen LogP contribution in [0.2, 0.25) is 0 Å². The van der Waals surface area contributed by atoms with Gasteiger partial charge in [0.1, 0.15) is 17.5 Å². The van der Waals surface area contributed by atoms with Gasteiger partial charge in [-0.25, -0.2) is 9.97 Å². The summed E-state index contributed by atoms with van der Waals surface area (Å²) in [6, 6.07) is 0. The molecule has 4 rings (SSSR count). The molecule has 1 atom stereocenters. The number of aromatic nitrogens is 5. The zero-order chi connectivity index (χ0) is 19.5. The van der Waals surface area contributed by atoms with Crippen LogP contribution in [0.1, 0.15) is 54.6 Å². The summed E-state index contributed by atoms with van der Waals surface area (Å²) in [5.74, 6) is 3.34. The number of nitrogens with zero attached hydrogens (tertiary/aromatic N) is 7. The highest BCUT2D eigenvalue weighted by Crippen LogP contribution is 2.27. The molecule has 1 unspecified atom stereocenters. The van der Waals surface area contributed by atoms with Crippen LogP contribution in [0.5, 0.6) is 0 Å². The molecule has 2 saturated heterocycles. The van der Waals surface area contributed by atoms with Gasteiger partial charge in [-0.05, 0) is 39.2 Å². The fraction of sp³-hybridized carbons (Fsp3) is 0.700. The van der Waals surface area contributed by atoms with E-state index in [1.807, 2.05) is 19.3 Å². The fourth-order valence-electron chi connectivity index (χ4n) is 4.32. The van der Waals surface area contributed by atoms with E-state index in [9.17, 15) is 5.11 Å². The number of hydrogen-bond donors (Lipinski definition) is 1. The van der Waals surface area contributed by atoms with Gasteiger partial charge in [-0.15, -0.1) is 10.2 Å². The molecule has 8 nitrogen and oxygen atoms in total. The molecular weight excluding hydrogens is 354 g/mol. The first kappa shape index (κ1) is 19.4. The summed E-state index contributed by atoms with van der Waals surface area (Å²) in [5, 5.41) is 18.7. The number of aliphatic hydroxyl groups is 1. The van der Waals surface area contributed by atoms with Gasteiger partial charge in [-0.2, -0.15) is 0 Å². The minimum atomic E-state index is -0.140. The van der Waals surface area contributed by atoms with Gasteiger partial charge in [0.25, 0.3) is 0 Å². The maximum Gasteiger partial charge on any atom is 0.146 e. The molecule has 0 aromatic carbocycles. The van der Waals surface area contributed by atoms with Crippen molar-refractivity contribution in [3.05, 3.63) is 35.4 Å². The van der Waals surface area contributed by atoms with Crippen molar-refractivity contribution in [3.63, 3.8) is 0 Å². The molecule has 2 aliphatic heterocycles. The highest BCUT2D eigenvalue weighted by molar-refractivity contribution is 5.07. The van der Waals surface area contributed by atoms with Crippen molar-refractivity contribution in [3.8, 4) is 0 Å². The summed E-state index contributed by atoms with van der Waals surface area (Å²) in [6.45, 7) is 7.57. The van der Waals surface area contributed by atoms with E-state index in [0.29, 0.717) is 5.92 Å². The minimum Gasteiger partial charge on any atom is -0.393 e. The monoisotopic (exact) mass is 385 g/mol. The minimum absolute atomic E-state index is 0.140. The van der Waals surface area contributed by atoms with Crippen molar-refractivity contribution in [1.82, 2.24) is 34.5 Å². The van der Waals surface area contributed by atoms with Gasteiger partial charge in [0.05, 0.1) is 12.6 Å². The van der Waals surface area contributed by atoms with Gasteiger partial charge in [-0.1, -0.05) is 0 Å². The third-order valence-corrected chi connectivity index (χ3v) is 6.03. The normalized spacial score (nSPS) is 22.6. The Morgan fingerprint density at radius 3 is 2.50 bits per heavy atom. The topological polar surface area (TPSA) is 83.2 Å². The third kappa shape index (κ3) is 4.56. The maximum absolute atomic E-state index is 9.69. The molecule has 0 aliphatic carbocycles. The average molecular weight is 386 g/mol. The van der Waals surface area contributed by atoms with Crippen LogP contribution in [0, 0.1) is 6.92 Å². The lowest BCUT2D eigenvalue weighted by atomic mass is 9.97. The van der Waals surface area contributed by atoms with Gasteiger partial charge < -0.3 is 9.67 Å². The first-order valence-corrected chi connectivity index (χ1v) is 10.4. The smallest absolute Gasteiger partial charge is 0.146 e. The zero-order valence-corrected chi connectivity index (χ0v) is 17.0. The van der Waals surface area contributed by atoms with E-state index < -0.39 is 0 Å². The van der Waals surface area contributed by atoms with E-state index in [2.05, 4.69) is 41.6 Å².